The molecule has 1 aromatic heterocycles. The molecule has 0 aliphatic rings. The Hall–Kier alpha value is -2.47. The van der Waals surface area contributed by atoms with E-state index in [1.165, 1.54) is 0 Å². The van der Waals surface area contributed by atoms with E-state index in [4.69, 9.17) is 4.74 Å². The summed E-state index contributed by atoms with van der Waals surface area (Å²) in [5.74, 6) is 0.209. The zero-order valence-corrected chi connectivity index (χ0v) is 13.7. The zero-order chi connectivity index (χ0) is 16.7. The number of hydrogen-bond acceptors (Lipinski definition) is 5. The van der Waals surface area contributed by atoms with Crippen LogP contribution in [0.3, 0.4) is 0 Å². The maximum Gasteiger partial charge on any atom is 0.270 e. The van der Waals surface area contributed by atoms with E-state index in [1.807, 2.05) is 44.2 Å². The van der Waals surface area contributed by atoms with Crippen LogP contribution in [0.15, 0.2) is 36.4 Å². The molecule has 0 saturated carbocycles. The number of aromatic nitrogens is 2. The second-order valence-electron chi connectivity index (χ2n) is 5.24. The van der Waals surface area contributed by atoms with Crippen molar-refractivity contribution in [2.24, 2.45) is 0 Å². The molecule has 6 nitrogen and oxygen atoms in total. The van der Waals surface area contributed by atoms with E-state index in [9.17, 15) is 4.79 Å². The molecule has 0 fully saturated rings. The first kappa shape index (κ1) is 16.9. The predicted molar refractivity (Wildman–Crippen MR) is 89.5 cm³/mol. The fourth-order valence-electron chi connectivity index (χ4n) is 2.13. The van der Waals surface area contributed by atoms with Crippen molar-refractivity contribution in [2.75, 3.05) is 25.6 Å². The molecule has 1 amide bonds. The first-order chi connectivity index (χ1) is 11.1. The number of anilines is 1. The highest BCUT2D eigenvalue weighted by Crippen LogP contribution is 2.16. The van der Waals surface area contributed by atoms with Crippen molar-refractivity contribution >= 4 is 11.9 Å². The molecule has 0 bridgehead atoms. The van der Waals surface area contributed by atoms with Crippen LogP contribution in [-0.4, -0.2) is 36.1 Å². The summed E-state index contributed by atoms with van der Waals surface area (Å²) >= 11 is 0. The molecule has 1 heterocycles. The number of rotatable bonds is 7. The lowest BCUT2D eigenvalue weighted by Crippen LogP contribution is -2.28. The van der Waals surface area contributed by atoms with Crippen LogP contribution in [0.4, 0.5) is 5.95 Å². The van der Waals surface area contributed by atoms with Crippen molar-refractivity contribution in [3.8, 4) is 0 Å². The van der Waals surface area contributed by atoms with Crippen LogP contribution in [-0.2, 0) is 4.74 Å². The highest BCUT2D eigenvalue weighted by Gasteiger charge is 2.12. The number of carbonyl (C=O) groups is 1. The summed E-state index contributed by atoms with van der Waals surface area (Å²) in [6.45, 7) is 4.78. The van der Waals surface area contributed by atoms with E-state index in [-0.39, 0.29) is 11.9 Å². The van der Waals surface area contributed by atoms with E-state index < -0.39 is 0 Å². The van der Waals surface area contributed by atoms with Gasteiger partial charge in [-0.05, 0) is 25.5 Å². The fraction of sp³-hybridized carbons (Fsp3) is 0.353. The Balaban J connectivity index is 2.09. The van der Waals surface area contributed by atoms with Gasteiger partial charge in [0.05, 0.1) is 12.6 Å². The lowest BCUT2D eigenvalue weighted by atomic mass is 10.1. The van der Waals surface area contributed by atoms with E-state index >= 15 is 0 Å². The number of nitrogens with one attached hydrogen (secondary N) is 2. The molecule has 2 rings (SSSR count). The van der Waals surface area contributed by atoms with Gasteiger partial charge in [-0.3, -0.25) is 4.79 Å². The van der Waals surface area contributed by atoms with Crippen LogP contribution >= 0.6 is 0 Å². The third-order valence-electron chi connectivity index (χ3n) is 3.32. The maximum absolute atomic E-state index is 12.1. The molecule has 0 aliphatic carbocycles. The van der Waals surface area contributed by atoms with E-state index in [0.717, 1.165) is 11.3 Å². The Morgan fingerprint density at radius 3 is 2.70 bits per heavy atom. The summed E-state index contributed by atoms with van der Waals surface area (Å²) in [7, 11) is 1.59. The SMILES string of the molecule is COCCNC(=O)c1cc(C)nc(NC(C)c2ccccc2)n1. The quantitative estimate of drug-likeness (QED) is 0.767. The van der Waals surface area contributed by atoms with E-state index in [0.29, 0.717) is 24.8 Å². The fourth-order valence-corrected chi connectivity index (χ4v) is 2.13. The van der Waals surface area contributed by atoms with Crippen LogP contribution in [0.1, 0.15) is 34.7 Å². The first-order valence-electron chi connectivity index (χ1n) is 7.54. The topological polar surface area (TPSA) is 76.1 Å². The molecule has 0 saturated heterocycles. The van der Waals surface area contributed by atoms with Gasteiger partial charge in [0, 0.05) is 19.3 Å². The van der Waals surface area contributed by atoms with Crippen LogP contribution in [0.5, 0.6) is 0 Å². The Kier molecular flexibility index (Phi) is 6.05. The minimum atomic E-state index is -0.233. The lowest BCUT2D eigenvalue weighted by Gasteiger charge is -2.15. The second kappa shape index (κ2) is 8.24. The van der Waals surface area contributed by atoms with Gasteiger partial charge in [0.25, 0.3) is 5.91 Å². The van der Waals surface area contributed by atoms with Crippen molar-refractivity contribution in [1.29, 1.82) is 0 Å². The van der Waals surface area contributed by atoms with Gasteiger partial charge in [-0.1, -0.05) is 30.3 Å². The Morgan fingerprint density at radius 2 is 2.00 bits per heavy atom. The largest absolute Gasteiger partial charge is 0.383 e. The molecule has 2 N–H and O–H groups in total. The zero-order valence-electron chi connectivity index (χ0n) is 13.7. The Labute approximate surface area is 136 Å². The normalized spacial score (nSPS) is 11.8. The van der Waals surface area contributed by atoms with Gasteiger partial charge in [-0.15, -0.1) is 0 Å². The van der Waals surface area contributed by atoms with Crippen LogP contribution < -0.4 is 10.6 Å². The molecule has 0 aliphatic heterocycles. The van der Waals surface area contributed by atoms with Crippen molar-refractivity contribution in [1.82, 2.24) is 15.3 Å². The average molecular weight is 314 g/mol. The molecule has 0 spiro atoms. The molecule has 0 radical (unpaired) electrons. The third kappa shape index (κ3) is 5.03. The molecular weight excluding hydrogens is 292 g/mol. The third-order valence-corrected chi connectivity index (χ3v) is 3.32. The summed E-state index contributed by atoms with van der Waals surface area (Å²) in [4.78, 5) is 20.7. The molecule has 1 aromatic carbocycles. The van der Waals surface area contributed by atoms with Crippen molar-refractivity contribution in [3.63, 3.8) is 0 Å². The van der Waals surface area contributed by atoms with Gasteiger partial charge in [0.15, 0.2) is 0 Å². The number of ether oxygens (including phenoxy) is 1. The van der Waals surface area contributed by atoms with Crippen LogP contribution in [0.25, 0.3) is 0 Å². The van der Waals surface area contributed by atoms with E-state index in [2.05, 4.69) is 20.6 Å². The minimum absolute atomic E-state index is 0.0439. The number of nitrogens with zero attached hydrogens (tertiary/aromatic N) is 2. The van der Waals surface area contributed by atoms with Gasteiger partial charge < -0.3 is 15.4 Å². The van der Waals surface area contributed by atoms with Gasteiger partial charge in [-0.2, -0.15) is 0 Å². The average Bonchev–Trinajstić information content (AvgIpc) is 2.55. The second-order valence-corrected chi connectivity index (χ2v) is 5.24. The summed E-state index contributed by atoms with van der Waals surface area (Å²) in [6.07, 6.45) is 0. The van der Waals surface area contributed by atoms with Gasteiger partial charge in [-0.25, -0.2) is 9.97 Å². The number of amides is 1. The smallest absolute Gasteiger partial charge is 0.270 e. The lowest BCUT2D eigenvalue weighted by molar-refractivity contribution is 0.0932. The van der Waals surface area contributed by atoms with Crippen molar-refractivity contribution < 1.29 is 9.53 Å². The molecular formula is C17H22N4O2. The molecule has 23 heavy (non-hydrogen) atoms. The predicted octanol–water partition coefficient (Wildman–Crippen LogP) is 2.33. The Morgan fingerprint density at radius 1 is 1.26 bits per heavy atom. The molecule has 6 heteroatoms. The molecule has 122 valence electrons. The van der Waals surface area contributed by atoms with Crippen molar-refractivity contribution in [3.05, 3.63) is 53.3 Å². The summed E-state index contributed by atoms with van der Waals surface area (Å²) in [5, 5.41) is 5.99. The molecule has 2 aromatic rings. The standard InChI is InChI=1S/C17H22N4O2/c1-12-11-15(16(22)18-9-10-23-3)21-17(19-12)20-13(2)14-7-5-4-6-8-14/h4-8,11,13H,9-10H2,1-3H3,(H,18,22)(H,19,20,21). The molecule has 1 unspecified atom stereocenters. The van der Waals surface area contributed by atoms with Gasteiger partial charge in [0.2, 0.25) is 5.95 Å². The number of methoxy groups -OCH3 is 1. The minimum Gasteiger partial charge on any atom is -0.383 e. The van der Waals surface area contributed by atoms with Crippen LogP contribution in [0.2, 0.25) is 0 Å². The number of hydrogen-bond donors (Lipinski definition) is 2. The van der Waals surface area contributed by atoms with Gasteiger partial charge >= 0.3 is 0 Å². The summed E-state index contributed by atoms with van der Waals surface area (Å²) < 4.78 is 4.92. The Bertz CT molecular complexity index is 646. The van der Waals surface area contributed by atoms with Crippen molar-refractivity contribution in [2.45, 2.75) is 19.9 Å². The highest BCUT2D eigenvalue weighted by atomic mass is 16.5. The number of aryl methyl sites for hydroxylation is 1. The van der Waals surface area contributed by atoms with Gasteiger partial charge in [0.1, 0.15) is 5.69 Å². The number of carbonyl (C=O) groups excluding carboxylic acids is 1. The summed E-state index contributed by atoms with van der Waals surface area (Å²) in [5.41, 5.74) is 2.21. The monoisotopic (exact) mass is 314 g/mol. The summed E-state index contributed by atoms with van der Waals surface area (Å²) in [6, 6.07) is 11.7. The first-order valence-corrected chi connectivity index (χ1v) is 7.54. The number of benzene rings is 1. The molecule has 1 atom stereocenters. The van der Waals surface area contributed by atoms with Crippen LogP contribution in [0, 0.1) is 6.92 Å². The maximum atomic E-state index is 12.1. The van der Waals surface area contributed by atoms with E-state index in [1.54, 1.807) is 13.2 Å². The highest BCUT2D eigenvalue weighted by molar-refractivity contribution is 5.92.